The number of hydrogen-bond donors (Lipinski definition) is 1. The van der Waals surface area contributed by atoms with Crippen molar-refractivity contribution in [3.8, 4) is 0 Å². The molecular weight excluding hydrogens is 350 g/mol. The van der Waals surface area contributed by atoms with E-state index in [4.69, 9.17) is 4.43 Å². The van der Waals surface area contributed by atoms with Gasteiger partial charge in [0, 0.05) is 0 Å². The lowest BCUT2D eigenvalue weighted by Gasteiger charge is -2.58. The standard InChI is InChI=1S/C18H37NO4Si2/c1-12(23-25(10,11)18(5,6)7)13-14(16(21)22)19(15(13)20)24(8,9)17(2,3)4/h12-14H,1-11H3,(H,21,22)/t12-,13?,14?/m1/s1. The van der Waals surface area contributed by atoms with Crippen LogP contribution in [0.1, 0.15) is 48.5 Å². The predicted molar refractivity (Wildman–Crippen MR) is 107 cm³/mol. The summed E-state index contributed by atoms with van der Waals surface area (Å²) < 4.78 is 8.03. The Hall–Kier alpha value is -0.666. The molecule has 3 atom stereocenters. The number of amides is 1. The molecule has 0 spiro atoms. The van der Waals surface area contributed by atoms with Gasteiger partial charge in [-0.05, 0) is 30.1 Å². The molecule has 7 heteroatoms. The van der Waals surface area contributed by atoms with E-state index >= 15 is 0 Å². The average molecular weight is 388 g/mol. The summed E-state index contributed by atoms with van der Waals surface area (Å²) in [5, 5.41) is 9.74. The second-order valence-electron chi connectivity index (χ2n) is 10.4. The topological polar surface area (TPSA) is 66.8 Å². The first kappa shape index (κ1) is 22.4. The van der Waals surface area contributed by atoms with Crippen molar-refractivity contribution in [1.29, 1.82) is 0 Å². The van der Waals surface area contributed by atoms with Gasteiger partial charge in [0.05, 0.1) is 12.0 Å². The molecule has 1 amide bonds. The highest BCUT2D eigenvalue weighted by Gasteiger charge is 2.62. The van der Waals surface area contributed by atoms with Crippen LogP contribution in [-0.2, 0) is 14.0 Å². The zero-order chi connectivity index (χ0) is 20.2. The van der Waals surface area contributed by atoms with E-state index in [1.54, 1.807) is 4.57 Å². The zero-order valence-electron chi connectivity index (χ0n) is 17.9. The van der Waals surface area contributed by atoms with Crippen molar-refractivity contribution in [3.05, 3.63) is 0 Å². The van der Waals surface area contributed by atoms with E-state index in [0.29, 0.717) is 0 Å². The number of nitrogens with zero attached hydrogens (tertiary/aromatic N) is 1. The summed E-state index contributed by atoms with van der Waals surface area (Å²) >= 11 is 0. The minimum absolute atomic E-state index is 0.0197. The highest BCUT2D eigenvalue weighted by atomic mass is 28.4. The largest absolute Gasteiger partial charge is 0.480 e. The fraction of sp³-hybridized carbons (Fsp3) is 0.889. The highest BCUT2D eigenvalue weighted by molar-refractivity contribution is 6.80. The van der Waals surface area contributed by atoms with Crippen LogP contribution in [0, 0.1) is 5.92 Å². The molecule has 0 aromatic rings. The molecular formula is C18H37NO4Si2. The molecule has 1 heterocycles. The summed E-state index contributed by atoms with van der Waals surface area (Å²) in [5.41, 5.74) is 0. The van der Waals surface area contributed by atoms with Crippen LogP contribution in [0.2, 0.25) is 36.3 Å². The maximum Gasteiger partial charge on any atom is 0.326 e. The number of hydrogen-bond acceptors (Lipinski definition) is 3. The highest BCUT2D eigenvalue weighted by Crippen LogP contribution is 2.47. The van der Waals surface area contributed by atoms with Gasteiger partial charge in [-0.1, -0.05) is 54.6 Å². The molecule has 2 unspecified atom stereocenters. The van der Waals surface area contributed by atoms with Gasteiger partial charge in [0.15, 0.2) is 16.6 Å². The van der Waals surface area contributed by atoms with Crippen LogP contribution < -0.4 is 0 Å². The summed E-state index contributed by atoms with van der Waals surface area (Å²) in [5.74, 6) is -1.55. The van der Waals surface area contributed by atoms with Gasteiger partial charge >= 0.3 is 5.97 Å². The van der Waals surface area contributed by atoms with E-state index in [9.17, 15) is 14.7 Å². The Kier molecular flexibility index (Phi) is 5.81. The minimum Gasteiger partial charge on any atom is -0.480 e. The fourth-order valence-electron chi connectivity index (χ4n) is 2.93. The molecule has 25 heavy (non-hydrogen) atoms. The third kappa shape index (κ3) is 3.88. The van der Waals surface area contributed by atoms with E-state index in [1.165, 1.54) is 0 Å². The molecule has 0 aromatic heterocycles. The Morgan fingerprint density at radius 3 is 1.84 bits per heavy atom. The number of β-lactam (4-membered cyclic amide) rings is 1. The second kappa shape index (κ2) is 6.49. The Morgan fingerprint density at radius 2 is 1.52 bits per heavy atom. The van der Waals surface area contributed by atoms with E-state index in [-0.39, 0.29) is 22.1 Å². The smallest absolute Gasteiger partial charge is 0.326 e. The molecule has 1 N–H and O–H groups in total. The van der Waals surface area contributed by atoms with Gasteiger partial charge in [-0.2, -0.15) is 0 Å². The first-order valence-electron chi connectivity index (χ1n) is 9.10. The quantitative estimate of drug-likeness (QED) is 0.564. The summed E-state index contributed by atoms with van der Waals surface area (Å²) in [4.78, 5) is 25.0. The molecule has 5 nitrogen and oxygen atoms in total. The molecule has 1 fully saturated rings. The lowest BCUT2D eigenvalue weighted by Crippen LogP contribution is -2.77. The molecule has 1 rings (SSSR count). The SMILES string of the molecule is C[C@@H](O[Si](C)(C)C(C)(C)C)C1C(=O)N([Si](C)(C)C(C)(C)C)C1C(=O)O. The molecule has 1 saturated heterocycles. The first-order valence-corrected chi connectivity index (χ1v) is 15.0. The van der Waals surface area contributed by atoms with Crippen LogP contribution in [0.15, 0.2) is 0 Å². The van der Waals surface area contributed by atoms with Gasteiger partial charge in [0.25, 0.3) is 0 Å². The van der Waals surface area contributed by atoms with Gasteiger partial charge in [0.2, 0.25) is 5.91 Å². The zero-order valence-corrected chi connectivity index (χ0v) is 19.9. The number of carbonyl (C=O) groups is 2. The summed E-state index contributed by atoms with van der Waals surface area (Å²) in [6.07, 6.45) is -0.379. The first-order chi connectivity index (χ1) is 10.9. The summed E-state index contributed by atoms with van der Waals surface area (Å²) in [6, 6.07) is -0.770. The minimum atomic E-state index is -2.23. The molecule has 0 bridgehead atoms. The van der Waals surface area contributed by atoms with Crippen LogP contribution in [0.3, 0.4) is 0 Å². The summed E-state index contributed by atoms with van der Waals surface area (Å²) in [6.45, 7) is 23.0. The van der Waals surface area contributed by atoms with Crippen molar-refractivity contribution < 1.29 is 19.1 Å². The van der Waals surface area contributed by atoms with E-state index in [0.717, 1.165) is 0 Å². The summed E-state index contributed by atoms with van der Waals surface area (Å²) in [7, 11) is -4.30. The van der Waals surface area contributed by atoms with Crippen molar-refractivity contribution >= 4 is 28.4 Å². The molecule has 146 valence electrons. The van der Waals surface area contributed by atoms with Crippen molar-refractivity contribution in [2.75, 3.05) is 0 Å². The maximum absolute atomic E-state index is 13.0. The van der Waals surface area contributed by atoms with Gasteiger partial charge in [-0.3, -0.25) is 4.79 Å². The molecule has 1 aliphatic heterocycles. The predicted octanol–water partition coefficient (Wildman–Crippen LogP) is 4.31. The number of carboxylic acid groups (broad SMARTS) is 1. The van der Waals surface area contributed by atoms with Crippen LogP contribution >= 0.6 is 0 Å². The van der Waals surface area contributed by atoms with Crippen LogP contribution in [0.4, 0.5) is 0 Å². The van der Waals surface area contributed by atoms with Crippen molar-refractivity contribution in [2.24, 2.45) is 5.92 Å². The van der Waals surface area contributed by atoms with Crippen LogP contribution in [0.25, 0.3) is 0 Å². The lowest BCUT2D eigenvalue weighted by molar-refractivity contribution is -0.169. The van der Waals surface area contributed by atoms with Gasteiger partial charge < -0.3 is 14.1 Å². The monoisotopic (exact) mass is 387 g/mol. The lowest BCUT2D eigenvalue weighted by atomic mass is 9.86. The van der Waals surface area contributed by atoms with Gasteiger partial charge in [0.1, 0.15) is 6.04 Å². The Balaban J connectivity index is 3.12. The van der Waals surface area contributed by atoms with Crippen molar-refractivity contribution in [3.63, 3.8) is 0 Å². The van der Waals surface area contributed by atoms with Crippen LogP contribution in [0.5, 0.6) is 0 Å². The Bertz CT molecular complexity index is 546. The number of carboxylic acids is 1. The normalized spacial score (nSPS) is 24.1. The van der Waals surface area contributed by atoms with Crippen molar-refractivity contribution in [2.45, 2.75) is 96.9 Å². The van der Waals surface area contributed by atoms with E-state index in [1.807, 2.05) is 6.92 Å². The number of aliphatic carboxylic acids is 1. The average Bonchev–Trinajstić information content (AvgIpc) is 2.31. The maximum atomic E-state index is 13.0. The number of rotatable bonds is 5. The molecule has 0 radical (unpaired) electrons. The molecule has 1 aliphatic rings. The Labute approximate surface area is 155 Å². The van der Waals surface area contributed by atoms with Crippen molar-refractivity contribution in [1.82, 2.24) is 4.57 Å². The third-order valence-corrected chi connectivity index (χ3v) is 16.6. The van der Waals surface area contributed by atoms with Gasteiger partial charge in [-0.25, -0.2) is 4.79 Å². The molecule has 0 saturated carbocycles. The molecule has 0 aromatic carbocycles. The third-order valence-electron chi connectivity index (χ3n) is 6.62. The van der Waals surface area contributed by atoms with E-state index in [2.05, 4.69) is 67.7 Å². The fourth-order valence-corrected chi connectivity index (χ4v) is 6.75. The van der Waals surface area contributed by atoms with E-state index < -0.39 is 34.5 Å². The second-order valence-corrected chi connectivity index (χ2v) is 20.3. The number of carbonyl (C=O) groups excluding carboxylic acids is 1. The Morgan fingerprint density at radius 1 is 1.08 bits per heavy atom. The molecule has 0 aliphatic carbocycles. The van der Waals surface area contributed by atoms with Crippen LogP contribution in [-0.4, -0.2) is 50.2 Å². The van der Waals surface area contributed by atoms with Gasteiger partial charge in [-0.15, -0.1) is 0 Å².